The number of thiophene rings is 1. The highest BCUT2D eigenvalue weighted by Gasteiger charge is 2.16. The zero-order chi connectivity index (χ0) is 22.6. The van der Waals surface area contributed by atoms with Crippen LogP contribution in [0.1, 0.15) is 54.1 Å². The smallest absolute Gasteiger partial charge is 0.408 e. The Morgan fingerprint density at radius 3 is 2.33 bits per heavy atom. The summed E-state index contributed by atoms with van der Waals surface area (Å²) in [6.07, 6.45) is 3.57. The van der Waals surface area contributed by atoms with Crippen molar-refractivity contribution in [2.45, 2.75) is 65.4 Å². The van der Waals surface area contributed by atoms with Gasteiger partial charge in [0.1, 0.15) is 5.60 Å². The van der Waals surface area contributed by atoms with Crippen LogP contribution in [0, 0.1) is 6.92 Å². The highest BCUT2D eigenvalue weighted by atomic mass is 35.5. The minimum Gasteiger partial charge on any atom is -0.444 e. The monoisotopic (exact) mass is 492 g/mol. The minimum absolute atomic E-state index is 0.0246. The second-order valence-corrected chi connectivity index (χ2v) is 10.7. The van der Waals surface area contributed by atoms with E-state index in [1.807, 2.05) is 18.3 Å². The van der Waals surface area contributed by atoms with Crippen molar-refractivity contribution in [3.63, 3.8) is 0 Å². The van der Waals surface area contributed by atoms with Crippen LogP contribution in [-0.2, 0) is 28.8 Å². The van der Waals surface area contributed by atoms with Gasteiger partial charge >= 0.3 is 6.09 Å². The molecule has 0 atom stereocenters. The minimum atomic E-state index is -0.553. The molecule has 2 rings (SSSR count). The lowest BCUT2D eigenvalue weighted by Crippen LogP contribution is -2.35. The maximum Gasteiger partial charge on any atom is 0.408 e. The predicted octanol–water partition coefficient (Wildman–Crippen LogP) is 6.14. The van der Waals surface area contributed by atoms with Gasteiger partial charge in [0.15, 0.2) is 5.78 Å². The number of carbonyl (C=O) groups is 2. The molecule has 2 heterocycles. The van der Waals surface area contributed by atoms with Gasteiger partial charge in [0.2, 0.25) is 0 Å². The van der Waals surface area contributed by atoms with Crippen molar-refractivity contribution in [1.82, 2.24) is 10.3 Å². The van der Waals surface area contributed by atoms with Gasteiger partial charge in [0, 0.05) is 21.6 Å². The molecule has 168 valence electrons. The second-order valence-electron chi connectivity index (χ2n) is 7.57. The van der Waals surface area contributed by atoms with Crippen LogP contribution < -0.4 is 5.32 Å². The molecule has 9 heteroatoms. The van der Waals surface area contributed by atoms with Crippen LogP contribution in [0.25, 0.3) is 0 Å². The van der Waals surface area contributed by atoms with Crippen LogP contribution in [0.3, 0.4) is 0 Å². The SMILES string of the molecule is Cc1nc(CCc2ccc(CCCC(=O)CNC(=O)OC(C)(C)C)s2)cs1.ClCCl. The van der Waals surface area contributed by atoms with Gasteiger partial charge in [-0.2, -0.15) is 0 Å². The van der Waals surface area contributed by atoms with Crippen molar-refractivity contribution in [3.05, 3.63) is 38.0 Å². The number of halogens is 2. The summed E-state index contributed by atoms with van der Waals surface area (Å²) >= 11 is 13.0. The lowest BCUT2D eigenvalue weighted by molar-refractivity contribution is -0.118. The molecule has 1 amide bonds. The highest BCUT2D eigenvalue weighted by molar-refractivity contribution is 7.12. The average molecular weight is 494 g/mol. The number of aromatic nitrogens is 1. The molecule has 1 N–H and O–H groups in total. The summed E-state index contributed by atoms with van der Waals surface area (Å²) in [4.78, 5) is 30.6. The van der Waals surface area contributed by atoms with Crippen molar-refractivity contribution < 1.29 is 14.3 Å². The van der Waals surface area contributed by atoms with Crippen LogP contribution in [0.5, 0.6) is 0 Å². The lowest BCUT2D eigenvalue weighted by atomic mass is 10.1. The van der Waals surface area contributed by atoms with Gasteiger partial charge in [-0.25, -0.2) is 9.78 Å². The number of amides is 1. The third-order valence-corrected chi connectivity index (χ3v) is 5.75. The largest absolute Gasteiger partial charge is 0.444 e. The van der Waals surface area contributed by atoms with E-state index in [1.54, 1.807) is 32.1 Å². The molecule has 0 unspecified atom stereocenters. The normalized spacial score (nSPS) is 10.9. The lowest BCUT2D eigenvalue weighted by Gasteiger charge is -2.19. The van der Waals surface area contributed by atoms with E-state index >= 15 is 0 Å². The predicted molar refractivity (Wildman–Crippen MR) is 127 cm³/mol. The van der Waals surface area contributed by atoms with E-state index in [4.69, 9.17) is 27.9 Å². The molecule has 0 aromatic carbocycles. The van der Waals surface area contributed by atoms with E-state index in [0.29, 0.717) is 6.42 Å². The molecule has 0 saturated carbocycles. The number of alkyl halides is 2. The zero-order valence-electron chi connectivity index (χ0n) is 17.9. The van der Waals surface area contributed by atoms with Crippen molar-refractivity contribution in [2.75, 3.05) is 11.9 Å². The van der Waals surface area contributed by atoms with E-state index in [1.165, 1.54) is 9.75 Å². The van der Waals surface area contributed by atoms with Crippen molar-refractivity contribution in [1.29, 1.82) is 0 Å². The first-order chi connectivity index (χ1) is 14.1. The Morgan fingerprint density at radius 2 is 1.77 bits per heavy atom. The number of ether oxygens (including phenoxy) is 1. The number of alkyl carbamates (subject to hydrolysis) is 1. The molecule has 5 nitrogen and oxygen atoms in total. The summed E-state index contributed by atoms with van der Waals surface area (Å²) in [5, 5.41) is 5.95. The first kappa shape index (κ1) is 26.9. The molecule has 0 bridgehead atoms. The van der Waals surface area contributed by atoms with Crippen LogP contribution in [0.2, 0.25) is 0 Å². The van der Waals surface area contributed by atoms with Gasteiger partial charge in [-0.15, -0.1) is 45.9 Å². The van der Waals surface area contributed by atoms with Gasteiger partial charge in [0.05, 0.1) is 22.6 Å². The van der Waals surface area contributed by atoms with Gasteiger partial charge in [0.25, 0.3) is 0 Å². The number of ketones is 1. The molecular formula is C21H30Cl2N2O3S2. The summed E-state index contributed by atoms with van der Waals surface area (Å²) < 4.78 is 5.12. The van der Waals surface area contributed by atoms with Gasteiger partial charge < -0.3 is 10.1 Å². The third-order valence-electron chi connectivity index (χ3n) is 3.72. The molecule has 0 spiro atoms. The quantitative estimate of drug-likeness (QED) is 0.427. The number of hydrogen-bond acceptors (Lipinski definition) is 6. The second kappa shape index (κ2) is 14.0. The molecule has 0 aliphatic heterocycles. The molecule has 0 aliphatic carbocycles. The number of Topliss-reactive ketones (excluding diaryl/α,β-unsaturated/α-hetero) is 1. The summed E-state index contributed by atoms with van der Waals surface area (Å²) in [6.45, 7) is 7.43. The maximum atomic E-state index is 11.9. The fourth-order valence-electron chi connectivity index (χ4n) is 2.50. The number of thiazole rings is 1. The average Bonchev–Trinajstić information content (AvgIpc) is 3.26. The molecule has 2 aromatic heterocycles. The van der Waals surface area contributed by atoms with Crippen molar-refractivity contribution in [3.8, 4) is 0 Å². The van der Waals surface area contributed by atoms with Gasteiger partial charge in [-0.05, 0) is 65.5 Å². The summed E-state index contributed by atoms with van der Waals surface area (Å²) in [5.74, 6) is 0.0246. The Balaban J connectivity index is 0.00000141. The van der Waals surface area contributed by atoms with Crippen molar-refractivity contribution >= 4 is 57.8 Å². The Hall–Kier alpha value is -1.15. The van der Waals surface area contributed by atoms with E-state index in [2.05, 4.69) is 27.8 Å². The van der Waals surface area contributed by atoms with E-state index in [9.17, 15) is 9.59 Å². The Labute approximate surface area is 197 Å². The Morgan fingerprint density at radius 1 is 1.13 bits per heavy atom. The maximum absolute atomic E-state index is 11.9. The van der Waals surface area contributed by atoms with E-state index in [0.717, 1.165) is 36.4 Å². The van der Waals surface area contributed by atoms with E-state index < -0.39 is 11.7 Å². The molecular weight excluding hydrogens is 463 g/mol. The summed E-state index contributed by atoms with van der Waals surface area (Å²) in [6, 6.07) is 4.32. The van der Waals surface area contributed by atoms with Gasteiger partial charge in [-0.1, -0.05) is 0 Å². The highest BCUT2D eigenvalue weighted by Crippen LogP contribution is 2.21. The van der Waals surface area contributed by atoms with Crippen LogP contribution in [0.4, 0.5) is 4.79 Å². The topological polar surface area (TPSA) is 68.3 Å². The molecule has 0 radical (unpaired) electrons. The molecule has 0 fully saturated rings. The summed E-state index contributed by atoms with van der Waals surface area (Å²) in [7, 11) is 0. The summed E-state index contributed by atoms with van der Waals surface area (Å²) in [5.41, 5.74) is 0.609. The molecule has 0 saturated heterocycles. The molecule has 0 aliphatic rings. The van der Waals surface area contributed by atoms with Crippen molar-refractivity contribution in [2.24, 2.45) is 0 Å². The van der Waals surface area contributed by atoms with Gasteiger partial charge in [-0.3, -0.25) is 4.79 Å². The number of carbonyl (C=O) groups excluding carboxylic acids is 2. The molecule has 2 aromatic rings. The van der Waals surface area contributed by atoms with E-state index in [-0.39, 0.29) is 17.7 Å². The molecule has 30 heavy (non-hydrogen) atoms. The van der Waals surface area contributed by atoms with Crippen LogP contribution >= 0.6 is 45.9 Å². The number of nitrogens with zero attached hydrogens (tertiary/aromatic N) is 1. The fraction of sp³-hybridized carbons (Fsp3) is 0.571. The number of nitrogens with one attached hydrogen (secondary N) is 1. The standard InChI is InChI=1S/C20H28N2O3S2.CH2Cl2/c1-14-22-15(13-26-14)8-9-18-11-10-17(27-18)7-5-6-16(23)12-21-19(24)25-20(2,3)4;2-1-3/h10-11,13H,5-9,12H2,1-4H3,(H,21,24);1H2. The first-order valence-corrected chi connectivity index (χ1v) is 12.5. The fourth-order valence-corrected chi connectivity index (χ4v) is 4.21. The third kappa shape index (κ3) is 12.5. The first-order valence-electron chi connectivity index (χ1n) is 9.72. The van der Waals surface area contributed by atoms with Crippen LogP contribution in [-0.4, -0.2) is 34.3 Å². The number of rotatable bonds is 9. The Bertz CT molecular complexity index is 785. The zero-order valence-corrected chi connectivity index (χ0v) is 21.1. The Kier molecular flexibility index (Phi) is 12.6. The van der Waals surface area contributed by atoms with Crippen LogP contribution in [0.15, 0.2) is 17.5 Å². The number of aryl methyl sites for hydroxylation is 4. The number of hydrogen-bond donors (Lipinski definition) is 1.